The second-order valence-corrected chi connectivity index (χ2v) is 7.99. The zero-order valence-corrected chi connectivity index (χ0v) is 17.3. The lowest BCUT2D eigenvalue weighted by Crippen LogP contribution is -2.32. The molecule has 5 aromatic rings. The Morgan fingerprint density at radius 2 is 1.35 bits per heavy atom. The molecule has 0 bridgehead atoms. The standard InChI is InChI=1S/C25H20F2N2O2/c1-14-4-6-16(7-5-14)23-29-20-13-18(9-11-22(20)31-23)25(3,24(26)27)17-8-10-21-19(12-17)28-15(2)30-21/h4-13,24H,1-3H3. The van der Waals surface area contributed by atoms with Gasteiger partial charge in [0.15, 0.2) is 17.1 Å². The maximum atomic E-state index is 14.5. The van der Waals surface area contributed by atoms with Gasteiger partial charge in [-0.1, -0.05) is 29.8 Å². The van der Waals surface area contributed by atoms with Gasteiger partial charge >= 0.3 is 0 Å². The van der Waals surface area contributed by atoms with Crippen LogP contribution in [0.2, 0.25) is 0 Å². The van der Waals surface area contributed by atoms with Crippen LogP contribution in [0.3, 0.4) is 0 Å². The van der Waals surface area contributed by atoms with Crippen molar-refractivity contribution in [1.82, 2.24) is 9.97 Å². The van der Waals surface area contributed by atoms with Gasteiger partial charge < -0.3 is 8.83 Å². The summed E-state index contributed by atoms with van der Waals surface area (Å²) in [7, 11) is 0. The van der Waals surface area contributed by atoms with Gasteiger partial charge in [0, 0.05) is 12.5 Å². The summed E-state index contributed by atoms with van der Waals surface area (Å²) in [5.41, 5.74) is 3.58. The first-order valence-electron chi connectivity index (χ1n) is 9.98. The van der Waals surface area contributed by atoms with E-state index in [0.717, 1.165) is 11.1 Å². The average Bonchev–Trinajstić information content (AvgIpc) is 3.34. The first-order valence-corrected chi connectivity index (χ1v) is 9.98. The van der Waals surface area contributed by atoms with Gasteiger partial charge in [-0.2, -0.15) is 0 Å². The van der Waals surface area contributed by atoms with Gasteiger partial charge in [0.05, 0.1) is 5.41 Å². The second-order valence-electron chi connectivity index (χ2n) is 7.99. The molecule has 31 heavy (non-hydrogen) atoms. The van der Waals surface area contributed by atoms with Gasteiger partial charge in [0.1, 0.15) is 11.0 Å². The summed E-state index contributed by atoms with van der Waals surface area (Å²) in [4.78, 5) is 8.85. The van der Waals surface area contributed by atoms with Crippen molar-refractivity contribution >= 4 is 22.2 Å². The van der Waals surface area contributed by atoms with E-state index in [2.05, 4.69) is 9.97 Å². The number of halogens is 2. The molecule has 0 fully saturated rings. The van der Waals surface area contributed by atoms with E-state index in [0.29, 0.717) is 45.1 Å². The number of fused-ring (bicyclic) bond motifs is 2. The van der Waals surface area contributed by atoms with Crippen LogP contribution in [0.15, 0.2) is 69.5 Å². The monoisotopic (exact) mass is 418 g/mol. The lowest BCUT2D eigenvalue weighted by molar-refractivity contribution is 0.0808. The van der Waals surface area contributed by atoms with Gasteiger partial charge in [0.25, 0.3) is 6.43 Å². The third-order valence-electron chi connectivity index (χ3n) is 5.82. The molecule has 0 saturated carbocycles. The molecule has 3 aromatic carbocycles. The van der Waals surface area contributed by atoms with Gasteiger partial charge in [0.2, 0.25) is 5.89 Å². The topological polar surface area (TPSA) is 52.1 Å². The number of aryl methyl sites for hydroxylation is 2. The minimum atomic E-state index is -2.64. The highest BCUT2D eigenvalue weighted by molar-refractivity contribution is 5.78. The first-order chi connectivity index (χ1) is 14.8. The lowest BCUT2D eigenvalue weighted by Gasteiger charge is -2.30. The van der Waals surface area contributed by atoms with Crippen LogP contribution in [-0.4, -0.2) is 16.4 Å². The Balaban J connectivity index is 1.62. The van der Waals surface area contributed by atoms with Crippen LogP contribution >= 0.6 is 0 Å². The quantitative estimate of drug-likeness (QED) is 0.321. The van der Waals surface area contributed by atoms with Gasteiger partial charge in [-0.05, 0) is 61.4 Å². The number of nitrogens with zero attached hydrogens (tertiary/aromatic N) is 2. The Hall–Kier alpha value is -3.54. The minimum Gasteiger partial charge on any atom is -0.441 e. The largest absolute Gasteiger partial charge is 0.441 e. The van der Waals surface area contributed by atoms with Crippen molar-refractivity contribution in [3.05, 3.63) is 83.2 Å². The number of oxazole rings is 2. The molecule has 156 valence electrons. The van der Waals surface area contributed by atoms with Crippen LogP contribution in [-0.2, 0) is 5.41 Å². The number of rotatable bonds is 4. The lowest BCUT2D eigenvalue weighted by atomic mass is 9.76. The van der Waals surface area contributed by atoms with E-state index in [1.165, 1.54) is 6.92 Å². The van der Waals surface area contributed by atoms with E-state index in [-0.39, 0.29) is 0 Å². The zero-order chi connectivity index (χ0) is 21.8. The van der Waals surface area contributed by atoms with Gasteiger partial charge in [-0.3, -0.25) is 0 Å². The molecule has 0 N–H and O–H groups in total. The van der Waals surface area contributed by atoms with Crippen molar-refractivity contribution in [3.8, 4) is 11.5 Å². The molecule has 0 aliphatic rings. The van der Waals surface area contributed by atoms with Crippen molar-refractivity contribution in [3.63, 3.8) is 0 Å². The zero-order valence-electron chi connectivity index (χ0n) is 17.3. The van der Waals surface area contributed by atoms with E-state index < -0.39 is 11.8 Å². The SMILES string of the molecule is Cc1ccc(-c2nc3cc(C(C)(c4ccc5oc(C)nc5c4)C(F)F)ccc3o2)cc1. The molecule has 1 atom stereocenters. The van der Waals surface area contributed by atoms with Crippen LogP contribution in [0, 0.1) is 13.8 Å². The molecule has 0 spiro atoms. The van der Waals surface area contributed by atoms with E-state index >= 15 is 0 Å². The molecule has 0 amide bonds. The predicted molar refractivity (Wildman–Crippen MR) is 115 cm³/mol. The Bertz CT molecular complexity index is 1400. The molecule has 1 unspecified atom stereocenters. The number of alkyl halides is 2. The van der Waals surface area contributed by atoms with E-state index in [1.54, 1.807) is 43.3 Å². The molecular formula is C25H20F2N2O2. The summed E-state index contributed by atoms with van der Waals surface area (Å²) >= 11 is 0. The van der Waals surface area contributed by atoms with Gasteiger partial charge in [-0.15, -0.1) is 0 Å². The Kier molecular flexibility index (Phi) is 4.39. The maximum absolute atomic E-state index is 14.5. The summed E-state index contributed by atoms with van der Waals surface area (Å²) in [5.74, 6) is 0.962. The van der Waals surface area contributed by atoms with Crippen LogP contribution in [0.1, 0.15) is 29.5 Å². The number of benzene rings is 3. The van der Waals surface area contributed by atoms with Crippen LogP contribution in [0.4, 0.5) is 8.78 Å². The highest BCUT2D eigenvalue weighted by Crippen LogP contribution is 2.40. The maximum Gasteiger partial charge on any atom is 0.251 e. The van der Waals surface area contributed by atoms with E-state index in [9.17, 15) is 8.78 Å². The van der Waals surface area contributed by atoms with Crippen molar-refractivity contribution in [2.75, 3.05) is 0 Å². The fourth-order valence-corrected chi connectivity index (χ4v) is 3.85. The summed E-state index contributed by atoms with van der Waals surface area (Å²) in [6, 6.07) is 17.9. The summed E-state index contributed by atoms with van der Waals surface area (Å²) in [5, 5.41) is 0. The fourth-order valence-electron chi connectivity index (χ4n) is 3.85. The Morgan fingerprint density at radius 1 is 0.774 bits per heavy atom. The van der Waals surface area contributed by atoms with Crippen LogP contribution < -0.4 is 0 Å². The molecule has 5 rings (SSSR count). The highest BCUT2D eigenvalue weighted by Gasteiger charge is 2.39. The van der Waals surface area contributed by atoms with Crippen molar-refractivity contribution < 1.29 is 17.6 Å². The number of aromatic nitrogens is 2. The number of hydrogen-bond acceptors (Lipinski definition) is 4. The third kappa shape index (κ3) is 3.19. The fraction of sp³-hybridized carbons (Fsp3) is 0.200. The summed E-state index contributed by atoms with van der Waals surface area (Å²) < 4.78 is 40.3. The molecular weight excluding hydrogens is 398 g/mol. The highest BCUT2D eigenvalue weighted by atomic mass is 19.3. The summed E-state index contributed by atoms with van der Waals surface area (Å²) in [6.45, 7) is 5.27. The number of hydrogen-bond donors (Lipinski definition) is 0. The van der Waals surface area contributed by atoms with Crippen molar-refractivity contribution in [2.45, 2.75) is 32.6 Å². The first kappa shape index (κ1) is 19.4. The second kappa shape index (κ2) is 7.01. The molecule has 0 aliphatic heterocycles. The molecule has 4 nitrogen and oxygen atoms in total. The Morgan fingerprint density at radius 3 is 1.97 bits per heavy atom. The van der Waals surface area contributed by atoms with Gasteiger partial charge in [-0.25, -0.2) is 18.7 Å². The van der Waals surface area contributed by atoms with E-state index in [4.69, 9.17) is 8.83 Å². The summed E-state index contributed by atoms with van der Waals surface area (Å²) in [6.07, 6.45) is -2.64. The third-order valence-corrected chi connectivity index (χ3v) is 5.82. The van der Waals surface area contributed by atoms with Crippen molar-refractivity contribution in [1.29, 1.82) is 0 Å². The molecule has 2 aromatic heterocycles. The van der Waals surface area contributed by atoms with E-state index in [1.807, 2.05) is 31.2 Å². The minimum absolute atomic E-state index is 0.457. The van der Waals surface area contributed by atoms with Crippen LogP contribution in [0.25, 0.3) is 33.7 Å². The molecule has 0 aliphatic carbocycles. The van der Waals surface area contributed by atoms with Crippen LogP contribution in [0.5, 0.6) is 0 Å². The molecule has 2 heterocycles. The molecule has 0 radical (unpaired) electrons. The van der Waals surface area contributed by atoms with Crippen molar-refractivity contribution in [2.24, 2.45) is 0 Å². The average molecular weight is 418 g/mol. The smallest absolute Gasteiger partial charge is 0.251 e. The molecule has 6 heteroatoms. The normalized spacial score (nSPS) is 13.9. The predicted octanol–water partition coefficient (Wildman–Crippen LogP) is 6.82. The Labute approximate surface area is 177 Å². The molecule has 0 saturated heterocycles.